The molecule has 3 N–H and O–H groups in total. The average Bonchev–Trinajstić information content (AvgIpc) is 3.85. The molecule has 0 unspecified atom stereocenters. The normalized spacial score (nSPS) is 15.7. The minimum atomic E-state index is -4.68. The maximum absolute atomic E-state index is 13.9. The van der Waals surface area contributed by atoms with Crippen molar-refractivity contribution in [2.24, 2.45) is 0 Å². The highest BCUT2D eigenvalue weighted by Crippen LogP contribution is 2.52. The zero-order valence-corrected chi connectivity index (χ0v) is 21.7. The maximum atomic E-state index is 13.9. The predicted octanol–water partition coefficient (Wildman–Crippen LogP) is 5.64. The van der Waals surface area contributed by atoms with E-state index in [1.807, 2.05) is 0 Å². The van der Waals surface area contributed by atoms with Crippen molar-refractivity contribution >= 4 is 24.2 Å². The third-order valence-electron chi connectivity index (χ3n) is 6.96. The van der Waals surface area contributed by atoms with Crippen molar-refractivity contribution in [3.05, 3.63) is 71.9 Å². The summed E-state index contributed by atoms with van der Waals surface area (Å²) >= 11 is 0. The number of carboxylic acids is 1. The molecule has 0 bridgehead atoms. The molecule has 0 saturated heterocycles. The molecular weight excluding hydrogens is 549 g/mol. The molecule has 1 aromatic carbocycles. The van der Waals surface area contributed by atoms with Crippen molar-refractivity contribution in [2.75, 3.05) is 5.32 Å². The zero-order chi connectivity index (χ0) is 27.2. The number of carboxylic acid groups (broad SMARTS) is 1. The number of nitrogens with one attached hydrogen (secondary N) is 2. The van der Waals surface area contributed by atoms with Gasteiger partial charge in [0, 0.05) is 17.3 Å². The molecule has 0 atom stereocenters. The van der Waals surface area contributed by atoms with Crippen LogP contribution in [0.25, 0.3) is 22.4 Å². The number of aromatic nitrogens is 5. The molecule has 3 aromatic heterocycles. The number of ether oxygens (including phenoxy) is 1. The molecule has 2 fully saturated rings. The predicted molar refractivity (Wildman–Crippen MR) is 141 cm³/mol. The molecule has 2 aliphatic carbocycles. The van der Waals surface area contributed by atoms with E-state index in [9.17, 15) is 23.1 Å². The van der Waals surface area contributed by atoms with Crippen molar-refractivity contribution in [1.82, 2.24) is 25.1 Å². The largest absolute Gasteiger partial charge is 0.481 e. The molecule has 3 heterocycles. The van der Waals surface area contributed by atoms with Gasteiger partial charge >= 0.3 is 12.1 Å². The van der Waals surface area contributed by atoms with Gasteiger partial charge < -0.3 is 15.2 Å². The lowest BCUT2D eigenvalue weighted by atomic mass is 9.88. The molecule has 0 radical (unpaired) electrons. The van der Waals surface area contributed by atoms with Gasteiger partial charge in [0.25, 0.3) is 0 Å². The molecule has 6 rings (SSSR count). The second kappa shape index (κ2) is 10.4. The quantitative estimate of drug-likeness (QED) is 0.235. The molecule has 4 aromatic rings. The van der Waals surface area contributed by atoms with Crippen LogP contribution in [0.3, 0.4) is 0 Å². The molecule has 0 amide bonds. The molecule has 0 aliphatic heterocycles. The van der Waals surface area contributed by atoms with E-state index in [2.05, 4.69) is 30.5 Å². The number of halogens is 4. The topological polar surface area (TPSA) is 126 Å². The summed E-state index contributed by atoms with van der Waals surface area (Å²) in [6.07, 6.45) is 4.20. The van der Waals surface area contributed by atoms with Gasteiger partial charge in [0.15, 0.2) is 0 Å². The zero-order valence-electron chi connectivity index (χ0n) is 20.9. The smallest absolute Gasteiger partial charge is 0.416 e. The van der Waals surface area contributed by atoms with Gasteiger partial charge in [0.1, 0.15) is 11.9 Å². The van der Waals surface area contributed by atoms with Gasteiger partial charge in [-0.05, 0) is 48.9 Å². The van der Waals surface area contributed by atoms with E-state index in [4.69, 9.17) is 4.74 Å². The fourth-order valence-electron chi connectivity index (χ4n) is 4.52. The number of H-pyrrole nitrogens is 1. The van der Waals surface area contributed by atoms with Crippen LogP contribution in [0, 0.1) is 0 Å². The first kappa shape index (κ1) is 27.4. The van der Waals surface area contributed by atoms with Gasteiger partial charge in [-0.25, -0.2) is 0 Å². The highest BCUT2D eigenvalue weighted by Gasteiger charge is 2.55. The number of aromatic amines is 1. The standard InChI is InChI=1S/C27H23F3N6O3.ClH/c28-27(29,30)20-9-15(1-5-19(20)26(7-8-26)25(37)38)16-2-6-21(32-10-16)18-11-34-36-22(18)12-33-23-13-31-14-24(35-23)39-17-3-4-17;/h1-2,5-6,9-11,13-14,17H,3-4,7-8,12H2,(H,33,35)(H,34,36)(H,37,38);1H. The van der Waals surface area contributed by atoms with Gasteiger partial charge in [-0.15, -0.1) is 12.4 Å². The Morgan fingerprint density at radius 1 is 1.10 bits per heavy atom. The van der Waals surface area contributed by atoms with E-state index < -0.39 is 23.1 Å². The SMILES string of the molecule is Cl.O=C(O)C1(c2ccc(-c3ccc(-c4cn[nH]c4CNc4cncc(OC5CC5)n4)nc3)cc2C(F)(F)F)CC1. The highest BCUT2D eigenvalue weighted by atomic mass is 35.5. The Kier molecular flexibility index (Phi) is 7.13. The Morgan fingerprint density at radius 3 is 2.52 bits per heavy atom. The summed E-state index contributed by atoms with van der Waals surface area (Å²) in [4.78, 5) is 24.7. The van der Waals surface area contributed by atoms with Crippen LogP contribution in [0.5, 0.6) is 5.88 Å². The van der Waals surface area contributed by atoms with Crippen LogP contribution in [0.2, 0.25) is 0 Å². The number of hydrogen-bond donors (Lipinski definition) is 3. The van der Waals surface area contributed by atoms with E-state index in [-0.39, 0.29) is 36.9 Å². The second-order valence-corrected chi connectivity index (χ2v) is 9.75. The highest BCUT2D eigenvalue weighted by molar-refractivity contribution is 5.86. The molecule has 0 spiro atoms. The number of hydrogen-bond acceptors (Lipinski definition) is 7. The molecular formula is C27H24ClF3N6O3. The number of pyridine rings is 1. The number of benzene rings is 1. The van der Waals surface area contributed by atoms with Gasteiger partial charge in [-0.2, -0.15) is 23.3 Å². The Bertz CT molecular complexity index is 1540. The van der Waals surface area contributed by atoms with E-state index in [0.717, 1.165) is 30.2 Å². The van der Waals surface area contributed by atoms with Gasteiger partial charge in [0.2, 0.25) is 5.88 Å². The van der Waals surface area contributed by atoms with E-state index >= 15 is 0 Å². The van der Waals surface area contributed by atoms with Crippen molar-refractivity contribution in [3.8, 4) is 28.3 Å². The minimum absolute atomic E-state index is 0. The Morgan fingerprint density at radius 2 is 1.88 bits per heavy atom. The molecule has 9 nitrogen and oxygen atoms in total. The minimum Gasteiger partial charge on any atom is -0.481 e. The summed E-state index contributed by atoms with van der Waals surface area (Å²) in [5, 5.41) is 19.7. The Hall–Kier alpha value is -4.19. The number of anilines is 1. The van der Waals surface area contributed by atoms with Crippen LogP contribution in [0.1, 0.15) is 42.5 Å². The monoisotopic (exact) mass is 572 g/mol. The van der Waals surface area contributed by atoms with Gasteiger partial charge in [0.05, 0.1) is 47.5 Å². The van der Waals surface area contributed by atoms with Crippen LogP contribution < -0.4 is 10.1 Å². The third kappa shape index (κ3) is 5.44. The Balaban J connectivity index is 0.00000323. The molecule has 208 valence electrons. The third-order valence-corrected chi connectivity index (χ3v) is 6.96. The van der Waals surface area contributed by atoms with Gasteiger partial charge in [-0.3, -0.25) is 19.9 Å². The first-order valence-electron chi connectivity index (χ1n) is 12.4. The van der Waals surface area contributed by atoms with Crippen LogP contribution in [0.4, 0.5) is 19.0 Å². The molecule has 2 aliphatic rings. The first-order valence-corrected chi connectivity index (χ1v) is 12.4. The van der Waals surface area contributed by atoms with Crippen molar-refractivity contribution < 1.29 is 27.8 Å². The number of rotatable bonds is 9. The van der Waals surface area contributed by atoms with E-state index in [1.54, 1.807) is 30.7 Å². The lowest BCUT2D eigenvalue weighted by Crippen LogP contribution is -2.24. The number of alkyl halides is 3. The van der Waals surface area contributed by atoms with Gasteiger partial charge in [-0.1, -0.05) is 18.2 Å². The summed E-state index contributed by atoms with van der Waals surface area (Å²) in [6.45, 7) is 0.349. The van der Waals surface area contributed by atoms with Crippen LogP contribution in [0.15, 0.2) is 55.1 Å². The molecule has 13 heteroatoms. The average molecular weight is 573 g/mol. The summed E-state index contributed by atoms with van der Waals surface area (Å²) < 4.78 is 47.4. The fourth-order valence-corrected chi connectivity index (χ4v) is 4.52. The fraction of sp³-hybridized carbons (Fsp3) is 0.296. The summed E-state index contributed by atoms with van der Waals surface area (Å²) in [7, 11) is 0. The lowest BCUT2D eigenvalue weighted by molar-refractivity contribution is -0.142. The van der Waals surface area contributed by atoms with Crippen molar-refractivity contribution in [2.45, 2.75) is 49.9 Å². The lowest BCUT2D eigenvalue weighted by Gasteiger charge is -2.19. The number of carbonyl (C=O) groups is 1. The summed E-state index contributed by atoms with van der Waals surface area (Å²) in [6, 6.07) is 7.18. The van der Waals surface area contributed by atoms with Crippen molar-refractivity contribution in [3.63, 3.8) is 0 Å². The second-order valence-electron chi connectivity index (χ2n) is 9.75. The van der Waals surface area contributed by atoms with Crippen LogP contribution in [-0.2, 0) is 22.9 Å². The van der Waals surface area contributed by atoms with Crippen LogP contribution >= 0.6 is 12.4 Å². The summed E-state index contributed by atoms with van der Waals surface area (Å²) in [5.41, 5.74) is 0.218. The summed E-state index contributed by atoms with van der Waals surface area (Å²) in [5.74, 6) is -0.234. The van der Waals surface area contributed by atoms with E-state index in [0.29, 0.717) is 35.1 Å². The molecule has 2 saturated carbocycles. The van der Waals surface area contributed by atoms with Crippen LogP contribution in [-0.4, -0.2) is 42.3 Å². The Labute approximate surface area is 232 Å². The van der Waals surface area contributed by atoms with E-state index in [1.165, 1.54) is 18.3 Å². The first-order chi connectivity index (χ1) is 18.7. The number of aliphatic carboxylic acids is 1. The maximum Gasteiger partial charge on any atom is 0.416 e. The molecule has 40 heavy (non-hydrogen) atoms. The van der Waals surface area contributed by atoms with Crippen molar-refractivity contribution in [1.29, 1.82) is 0 Å². The number of nitrogens with zero attached hydrogens (tertiary/aromatic N) is 4.